The van der Waals surface area contributed by atoms with Crippen LogP contribution < -0.4 is 4.90 Å². The SMILES string of the molecule is C[C@@H]1CN(C(=O)OC(C)(C)C)CCN1c1cncc(Cl)n1. The van der Waals surface area contributed by atoms with Crippen LogP contribution in [0.3, 0.4) is 0 Å². The van der Waals surface area contributed by atoms with Crippen LogP contribution in [0.4, 0.5) is 10.6 Å². The molecule has 0 unspecified atom stereocenters. The molecule has 0 aromatic carbocycles. The number of amides is 1. The Bertz CT molecular complexity index is 518. The minimum Gasteiger partial charge on any atom is -0.444 e. The molecule has 1 aliphatic rings. The van der Waals surface area contributed by atoms with E-state index in [1.165, 1.54) is 6.20 Å². The topological polar surface area (TPSA) is 58.6 Å². The first kappa shape index (κ1) is 15.8. The number of hydrogen-bond donors (Lipinski definition) is 0. The average Bonchev–Trinajstić information content (AvgIpc) is 2.36. The van der Waals surface area contributed by atoms with Crippen molar-refractivity contribution in [1.29, 1.82) is 0 Å². The summed E-state index contributed by atoms with van der Waals surface area (Å²) < 4.78 is 5.40. The van der Waals surface area contributed by atoms with Crippen molar-refractivity contribution < 1.29 is 9.53 Å². The van der Waals surface area contributed by atoms with Gasteiger partial charge in [0.25, 0.3) is 0 Å². The Hall–Kier alpha value is -1.56. The zero-order valence-electron chi connectivity index (χ0n) is 12.8. The summed E-state index contributed by atoms with van der Waals surface area (Å²) in [7, 11) is 0. The maximum absolute atomic E-state index is 12.1. The molecular weight excluding hydrogens is 292 g/mol. The van der Waals surface area contributed by atoms with Gasteiger partial charge in [0.2, 0.25) is 0 Å². The number of hydrogen-bond acceptors (Lipinski definition) is 5. The van der Waals surface area contributed by atoms with E-state index in [9.17, 15) is 4.79 Å². The smallest absolute Gasteiger partial charge is 0.410 e. The number of rotatable bonds is 1. The molecule has 0 N–H and O–H groups in total. The van der Waals surface area contributed by atoms with Crippen molar-refractivity contribution in [3.05, 3.63) is 17.5 Å². The number of carbonyl (C=O) groups is 1. The third-order valence-corrected chi connectivity index (χ3v) is 3.35. The average molecular weight is 313 g/mol. The molecule has 116 valence electrons. The molecule has 1 atom stereocenters. The minimum atomic E-state index is -0.476. The molecule has 1 fully saturated rings. The predicted octanol–water partition coefficient (Wildman–Crippen LogP) is 2.58. The summed E-state index contributed by atoms with van der Waals surface area (Å²) in [6, 6.07) is 0.124. The van der Waals surface area contributed by atoms with Gasteiger partial charge in [-0.3, -0.25) is 4.98 Å². The summed E-state index contributed by atoms with van der Waals surface area (Å²) in [5.74, 6) is 0.735. The number of nitrogens with zero attached hydrogens (tertiary/aromatic N) is 4. The number of anilines is 1. The van der Waals surface area contributed by atoms with Crippen LogP contribution in [-0.2, 0) is 4.74 Å². The summed E-state index contributed by atoms with van der Waals surface area (Å²) in [5.41, 5.74) is -0.476. The summed E-state index contributed by atoms with van der Waals surface area (Å²) in [4.78, 5) is 24.2. The summed E-state index contributed by atoms with van der Waals surface area (Å²) >= 11 is 5.88. The normalized spacial score (nSPS) is 19.6. The monoisotopic (exact) mass is 312 g/mol. The van der Waals surface area contributed by atoms with E-state index in [0.717, 1.165) is 5.82 Å². The molecule has 1 aliphatic heterocycles. The second-order valence-electron chi connectivity index (χ2n) is 6.17. The van der Waals surface area contributed by atoms with E-state index in [4.69, 9.17) is 16.3 Å². The van der Waals surface area contributed by atoms with Crippen LogP contribution in [0.1, 0.15) is 27.7 Å². The Kier molecular flexibility index (Phi) is 4.56. The molecule has 1 aromatic rings. The van der Waals surface area contributed by atoms with E-state index >= 15 is 0 Å². The van der Waals surface area contributed by atoms with Crippen LogP contribution in [0, 0.1) is 0 Å². The molecule has 2 heterocycles. The zero-order valence-corrected chi connectivity index (χ0v) is 13.6. The van der Waals surface area contributed by atoms with Crippen LogP contribution in [0.5, 0.6) is 0 Å². The van der Waals surface area contributed by atoms with Gasteiger partial charge in [-0.15, -0.1) is 0 Å². The molecular formula is C14H21ClN4O2. The van der Waals surface area contributed by atoms with Gasteiger partial charge in [0, 0.05) is 25.7 Å². The highest BCUT2D eigenvalue weighted by atomic mass is 35.5. The van der Waals surface area contributed by atoms with Gasteiger partial charge in [-0.1, -0.05) is 11.6 Å². The zero-order chi connectivity index (χ0) is 15.6. The Morgan fingerprint density at radius 2 is 2.10 bits per heavy atom. The van der Waals surface area contributed by atoms with Gasteiger partial charge in [-0.25, -0.2) is 9.78 Å². The molecule has 0 bridgehead atoms. The van der Waals surface area contributed by atoms with Crippen molar-refractivity contribution in [2.75, 3.05) is 24.5 Å². The molecule has 21 heavy (non-hydrogen) atoms. The lowest BCUT2D eigenvalue weighted by Crippen LogP contribution is -2.54. The Morgan fingerprint density at radius 3 is 2.67 bits per heavy atom. The van der Waals surface area contributed by atoms with Crippen LogP contribution in [-0.4, -0.2) is 52.2 Å². The standard InChI is InChI=1S/C14H21ClN4O2/c1-10-9-18(13(20)21-14(2,3)4)5-6-19(10)12-8-16-7-11(15)17-12/h7-8,10H,5-6,9H2,1-4H3/t10-/m1/s1. The second kappa shape index (κ2) is 6.05. The highest BCUT2D eigenvalue weighted by Gasteiger charge is 2.30. The van der Waals surface area contributed by atoms with E-state index in [-0.39, 0.29) is 12.1 Å². The van der Waals surface area contributed by atoms with Crippen LogP contribution >= 0.6 is 11.6 Å². The summed E-state index contributed by atoms with van der Waals surface area (Å²) in [5, 5.41) is 0.370. The number of piperazine rings is 1. The van der Waals surface area contributed by atoms with Crippen LogP contribution in [0.2, 0.25) is 5.15 Å². The molecule has 0 radical (unpaired) electrons. The molecule has 6 nitrogen and oxygen atoms in total. The fourth-order valence-corrected chi connectivity index (χ4v) is 2.40. The van der Waals surface area contributed by atoms with E-state index in [1.54, 1.807) is 11.1 Å². The van der Waals surface area contributed by atoms with Gasteiger partial charge in [0.1, 0.15) is 16.6 Å². The van der Waals surface area contributed by atoms with Gasteiger partial charge in [-0.2, -0.15) is 0 Å². The van der Waals surface area contributed by atoms with Gasteiger partial charge in [-0.05, 0) is 27.7 Å². The quantitative estimate of drug-likeness (QED) is 0.797. The van der Waals surface area contributed by atoms with Crippen molar-refractivity contribution >= 4 is 23.5 Å². The number of halogens is 1. The lowest BCUT2D eigenvalue weighted by molar-refractivity contribution is 0.0218. The molecule has 0 saturated carbocycles. The Balaban J connectivity index is 2.01. The number of aromatic nitrogens is 2. The summed E-state index contributed by atoms with van der Waals surface area (Å²) in [6.07, 6.45) is 2.92. The lowest BCUT2D eigenvalue weighted by Gasteiger charge is -2.40. The van der Waals surface area contributed by atoms with Gasteiger partial charge >= 0.3 is 6.09 Å². The largest absolute Gasteiger partial charge is 0.444 e. The summed E-state index contributed by atoms with van der Waals surface area (Å²) in [6.45, 7) is 9.50. The highest BCUT2D eigenvalue weighted by molar-refractivity contribution is 6.29. The van der Waals surface area contributed by atoms with E-state index in [0.29, 0.717) is 24.8 Å². The number of ether oxygens (including phenoxy) is 1. The minimum absolute atomic E-state index is 0.124. The van der Waals surface area contributed by atoms with E-state index < -0.39 is 5.60 Å². The first-order valence-electron chi connectivity index (χ1n) is 6.98. The Morgan fingerprint density at radius 1 is 1.38 bits per heavy atom. The van der Waals surface area contributed by atoms with Crippen LogP contribution in [0.15, 0.2) is 12.4 Å². The van der Waals surface area contributed by atoms with Gasteiger partial charge < -0.3 is 14.5 Å². The molecule has 1 amide bonds. The van der Waals surface area contributed by atoms with Gasteiger partial charge in [0.15, 0.2) is 0 Å². The molecule has 0 spiro atoms. The Labute approximate surface area is 130 Å². The molecule has 0 aliphatic carbocycles. The molecule has 7 heteroatoms. The lowest BCUT2D eigenvalue weighted by atomic mass is 10.2. The second-order valence-corrected chi connectivity index (χ2v) is 6.56. The van der Waals surface area contributed by atoms with Crippen molar-refractivity contribution in [1.82, 2.24) is 14.9 Å². The van der Waals surface area contributed by atoms with Crippen molar-refractivity contribution in [2.24, 2.45) is 0 Å². The molecule has 1 aromatic heterocycles. The maximum atomic E-state index is 12.1. The van der Waals surface area contributed by atoms with Crippen molar-refractivity contribution in [3.8, 4) is 0 Å². The highest BCUT2D eigenvalue weighted by Crippen LogP contribution is 2.20. The van der Waals surface area contributed by atoms with Gasteiger partial charge in [0.05, 0.1) is 12.4 Å². The number of carbonyl (C=O) groups excluding carboxylic acids is 1. The molecule has 2 rings (SSSR count). The third kappa shape index (κ3) is 4.20. The van der Waals surface area contributed by atoms with Crippen molar-refractivity contribution in [2.45, 2.75) is 39.3 Å². The third-order valence-electron chi connectivity index (χ3n) is 3.17. The first-order chi connectivity index (χ1) is 9.76. The van der Waals surface area contributed by atoms with E-state index in [1.807, 2.05) is 27.7 Å². The first-order valence-corrected chi connectivity index (χ1v) is 7.36. The van der Waals surface area contributed by atoms with Crippen molar-refractivity contribution in [3.63, 3.8) is 0 Å². The molecule has 1 saturated heterocycles. The fraction of sp³-hybridized carbons (Fsp3) is 0.643. The van der Waals surface area contributed by atoms with E-state index in [2.05, 4.69) is 14.9 Å². The fourth-order valence-electron chi connectivity index (χ4n) is 2.26. The predicted molar refractivity (Wildman–Crippen MR) is 81.7 cm³/mol. The van der Waals surface area contributed by atoms with Crippen LogP contribution in [0.25, 0.3) is 0 Å². The maximum Gasteiger partial charge on any atom is 0.410 e.